The predicted octanol–water partition coefficient (Wildman–Crippen LogP) is 4.21. The van der Waals surface area contributed by atoms with Crippen molar-refractivity contribution in [1.82, 2.24) is 0 Å². The fourth-order valence-electron chi connectivity index (χ4n) is 3.02. The third-order valence-electron chi connectivity index (χ3n) is 4.37. The highest BCUT2D eigenvalue weighted by Gasteiger charge is 2.34. The van der Waals surface area contributed by atoms with Gasteiger partial charge in [0.2, 0.25) is 0 Å². The second-order valence-corrected chi connectivity index (χ2v) is 6.48. The van der Waals surface area contributed by atoms with Gasteiger partial charge in [-0.3, -0.25) is 0 Å². The summed E-state index contributed by atoms with van der Waals surface area (Å²) in [4.78, 5) is 2.51. The Bertz CT molecular complexity index is 496. The summed E-state index contributed by atoms with van der Waals surface area (Å²) in [6, 6.07) is 8.99. The average molecular weight is 256 g/mol. The van der Waals surface area contributed by atoms with Gasteiger partial charge in [-0.05, 0) is 63.6 Å². The highest BCUT2D eigenvalue weighted by atomic mass is 15.2. The molecule has 1 aliphatic rings. The van der Waals surface area contributed by atoms with E-state index in [1.165, 1.54) is 23.2 Å². The van der Waals surface area contributed by atoms with Gasteiger partial charge < -0.3 is 4.90 Å². The summed E-state index contributed by atoms with van der Waals surface area (Å²) in [6.07, 6.45) is 3.01. The molecule has 2 nitrogen and oxygen atoms in total. The Hall–Kier alpha value is -1.49. The summed E-state index contributed by atoms with van der Waals surface area (Å²) < 4.78 is 0. The summed E-state index contributed by atoms with van der Waals surface area (Å²) in [5, 5.41) is 8.94. The maximum Gasteiger partial charge on any atom is 0.0625 e. The van der Waals surface area contributed by atoms with Crippen LogP contribution in [0.2, 0.25) is 0 Å². The molecule has 1 unspecified atom stereocenters. The molecule has 0 amide bonds. The van der Waals surface area contributed by atoms with E-state index < -0.39 is 0 Å². The molecule has 1 atom stereocenters. The zero-order valence-electron chi connectivity index (χ0n) is 12.5. The van der Waals surface area contributed by atoms with E-state index in [-0.39, 0.29) is 5.54 Å². The van der Waals surface area contributed by atoms with Gasteiger partial charge in [0.1, 0.15) is 0 Å². The lowest BCUT2D eigenvalue weighted by molar-refractivity contribution is 0.292. The van der Waals surface area contributed by atoms with Crippen LogP contribution in [0, 0.1) is 31.1 Å². The van der Waals surface area contributed by atoms with Crippen LogP contribution in [0.25, 0.3) is 0 Å². The van der Waals surface area contributed by atoms with Crippen molar-refractivity contribution in [3.05, 3.63) is 29.3 Å². The number of piperidine rings is 1. The van der Waals surface area contributed by atoms with Gasteiger partial charge in [0.25, 0.3) is 0 Å². The highest BCUT2D eigenvalue weighted by molar-refractivity contribution is 5.57. The molecular weight excluding hydrogens is 232 g/mol. The molecule has 0 N–H and O–H groups in total. The fourth-order valence-corrected chi connectivity index (χ4v) is 3.02. The molecule has 0 saturated carbocycles. The van der Waals surface area contributed by atoms with E-state index in [2.05, 4.69) is 56.9 Å². The first-order chi connectivity index (χ1) is 8.94. The Balaban J connectivity index is 2.33. The standard InChI is InChI=1S/C17H24N2/c1-13-5-6-14(2)16(11-13)19-12-15(8-10-18)7-9-17(19,3)4/h5-6,11,15H,7-9,12H2,1-4H3. The summed E-state index contributed by atoms with van der Waals surface area (Å²) >= 11 is 0. The molecule has 0 aromatic heterocycles. The molecule has 1 aromatic rings. The zero-order chi connectivity index (χ0) is 14.0. The van der Waals surface area contributed by atoms with Crippen molar-refractivity contribution in [2.75, 3.05) is 11.4 Å². The first kappa shape index (κ1) is 13.9. The molecule has 0 bridgehead atoms. The Morgan fingerprint density at radius 1 is 1.37 bits per heavy atom. The van der Waals surface area contributed by atoms with Crippen molar-refractivity contribution in [3.8, 4) is 6.07 Å². The molecule has 1 saturated heterocycles. The Morgan fingerprint density at radius 3 is 2.79 bits per heavy atom. The molecule has 0 spiro atoms. The lowest BCUT2D eigenvalue weighted by Crippen LogP contribution is -2.50. The lowest BCUT2D eigenvalue weighted by Gasteiger charge is -2.47. The minimum absolute atomic E-state index is 0.185. The molecular formula is C17H24N2. The number of nitrogens with zero attached hydrogens (tertiary/aromatic N) is 2. The van der Waals surface area contributed by atoms with E-state index in [9.17, 15) is 0 Å². The van der Waals surface area contributed by atoms with Crippen molar-refractivity contribution >= 4 is 5.69 Å². The normalized spacial score (nSPS) is 22.1. The number of nitriles is 1. The third kappa shape index (κ3) is 2.92. The molecule has 19 heavy (non-hydrogen) atoms. The van der Waals surface area contributed by atoms with Crippen LogP contribution in [0.1, 0.15) is 44.2 Å². The molecule has 1 fully saturated rings. The number of anilines is 1. The number of benzene rings is 1. The second kappa shape index (κ2) is 5.25. The van der Waals surface area contributed by atoms with Crippen LogP contribution in [0.15, 0.2) is 18.2 Å². The van der Waals surface area contributed by atoms with Crippen LogP contribution in [0.3, 0.4) is 0 Å². The van der Waals surface area contributed by atoms with Crippen molar-refractivity contribution in [2.45, 2.75) is 52.5 Å². The van der Waals surface area contributed by atoms with Crippen molar-refractivity contribution in [3.63, 3.8) is 0 Å². The monoisotopic (exact) mass is 256 g/mol. The minimum Gasteiger partial charge on any atom is -0.366 e. The zero-order valence-corrected chi connectivity index (χ0v) is 12.5. The van der Waals surface area contributed by atoms with E-state index in [0.29, 0.717) is 12.3 Å². The van der Waals surface area contributed by atoms with Gasteiger partial charge in [-0.25, -0.2) is 0 Å². The van der Waals surface area contributed by atoms with Crippen LogP contribution in [-0.4, -0.2) is 12.1 Å². The Morgan fingerprint density at radius 2 is 2.11 bits per heavy atom. The quantitative estimate of drug-likeness (QED) is 0.792. The maximum atomic E-state index is 8.94. The average Bonchev–Trinajstić information content (AvgIpc) is 2.35. The molecule has 0 aliphatic carbocycles. The summed E-state index contributed by atoms with van der Waals surface area (Å²) in [6.45, 7) is 9.96. The Kier molecular flexibility index (Phi) is 3.85. The number of hydrogen-bond acceptors (Lipinski definition) is 2. The summed E-state index contributed by atoms with van der Waals surface area (Å²) in [5.74, 6) is 0.512. The Labute approximate surface area is 117 Å². The van der Waals surface area contributed by atoms with Gasteiger partial charge in [-0.15, -0.1) is 0 Å². The molecule has 1 aliphatic heterocycles. The molecule has 0 radical (unpaired) electrons. The predicted molar refractivity (Wildman–Crippen MR) is 80.3 cm³/mol. The summed E-state index contributed by atoms with van der Waals surface area (Å²) in [5.41, 5.74) is 4.16. The van der Waals surface area contributed by atoms with Gasteiger partial charge in [0, 0.05) is 24.2 Å². The van der Waals surface area contributed by atoms with E-state index in [4.69, 9.17) is 5.26 Å². The van der Waals surface area contributed by atoms with Crippen molar-refractivity contribution in [1.29, 1.82) is 5.26 Å². The molecule has 2 heteroatoms. The van der Waals surface area contributed by atoms with E-state index in [1.807, 2.05) is 0 Å². The van der Waals surface area contributed by atoms with E-state index >= 15 is 0 Å². The van der Waals surface area contributed by atoms with Gasteiger partial charge in [-0.1, -0.05) is 12.1 Å². The second-order valence-electron chi connectivity index (χ2n) is 6.48. The van der Waals surface area contributed by atoms with Crippen LogP contribution in [0.4, 0.5) is 5.69 Å². The van der Waals surface area contributed by atoms with Crippen molar-refractivity contribution in [2.24, 2.45) is 5.92 Å². The van der Waals surface area contributed by atoms with Crippen molar-refractivity contribution < 1.29 is 0 Å². The van der Waals surface area contributed by atoms with E-state index in [0.717, 1.165) is 13.0 Å². The van der Waals surface area contributed by atoms with Gasteiger partial charge >= 0.3 is 0 Å². The van der Waals surface area contributed by atoms with Gasteiger partial charge in [0.15, 0.2) is 0 Å². The molecule has 2 rings (SSSR count). The van der Waals surface area contributed by atoms with E-state index in [1.54, 1.807) is 0 Å². The van der Waals surface area contributed by atoms with Crippen LogP contribution in [0.5, 0.6) is 0 Å². The first-order valence-corrected chi connectivity index (χ1v) is 7.16. The maximum absolute atomic E-state index is 8.94. The number of rotatable bonds is 2. The molecule has 1 heterocycles. The van der Waals surface area contributed by atoms with Crippen LogP contribution >= 0.6 is 0 Å². The SMILES string of the molecule is Cc1ccc(C)c(N2CC(CC#N)CCC2(C)C)c1. The smallest absolute Gasteiger partial charge is 0.0625 e. The van der Waals surface area contributed by atoms with Crippen LogP contribution < -0.4 is 4.90 Å². The highest BCUT2D eigenvalue weighted by Crippen LogP contribution is 2.37. The lowest BCUT2D eigenvalue weighted by atomic mass is 9.82. The summed E-state index contributed by atoms with van der Waals surface area (Å²) in [7, 11) is 0. The fraction of sp³-hybridized carbons (Fsp3) is 0.588. The largest absolute Gasteiger partial charge is 0.366 e. The molecule has 1 aromatic carbocycles. The van der Waals surface area contributed by atoms with Gasteiger partial charge in [-0.2, -0.15) is 5.26 Å². The minimum atomic E-state index is 0.185. The number of hydrogen-bond donors (Lipinski definition) is 0. The number of aryl methyl sites for hydroxylation is 2. The van der Waals surface area contributed by atoms with Gasteiger partial charge in [0.05, 0.1) is 6.07 Å². The molecule has 102 valence electrons. The first-order valence-electron chi connectivity index (χ1n) is 7.16. The topological polar surface area (TPSA) is 27.0 Å². The van der Waals surface area contributed by atoms with Crippen LogP contribution in [-0.2, 0) is 0 Å². The third-order valence-corrected chi connectivity index (χ3v) is 4.37.